The Morgan fingerprint density at radius 1 is 0.367 bits per heavy atom. The van der Waals surface area contributed by atoms with Gasteiger partial charge < -0.3 is 57.9 Å². The first-order valence-corrected chi connectivity index (χ1v) is 35.8. The van der Waals surface area contributed by atoms with Gasteiger partial charge in [0.25, 0.3) is 0 Å². The lowest BCUT2D eigenvalue weighted by Crippen LogP contribution is -2.35. The molecule has 90 heavy (non-hydrogen) atoms. The summed E-state index contributed by atoms with van der Waals surface area (Å²) in [6, 6.07) is 38.6. The van der Waals surface area contributed by atoms with E-state index in [1.165, 1.54) is 217 Å². The van der Waals surface area contributed by atoms with Crippen molar-refractivity contribution < 1.29 is 4.74 Å². The maximum Gasteiger partial charge on any atom is 0.119 e. The summed E-state index contributed by atoms with van der Waals surface area (Å²) in [7, 11) is 1.71. The average Bonchev–Trinajstić information content (AvgIpc) is 3.63. The van der Waals surface area contributed by atoms with E-state index in [4.69, 9.17) is 4.74 Å². The Morgan fingerprint density at radius 2 is 0.844 bits per heavy atom. The van der Waals surface area contributed by atoms with Gasteiger partial charge in [-0.05, 0) is 279 Å². The van der Waals surface area contributed by atoms with Crippen molar-refractivity contribution in [3.8, 4) is 5.75 Å². The molecule has 11 nitrogen and oxygen atoms in total. The molecule has 0 amide bonds. The topological polar surface area (TPSA) is 130 Å². The normalized spacial score (nSPS) is 22.0. The predicted molar refractivity (Wildman–Crippen MR) is 389 cm³/mol. The first-order valence-electron chi connectivity index (χ1n) is 35.8. The summed E-state index contributed by atoms with van der Waals surface area (Å²) in [5.74, 6) is 4.67. The summed E-state index contributed by atoms with van der Waals surface area (Å²) < 4.78 is 5.16. The highest BCUT2D eigenvalue weighted by Crippen LogP contribution is 2.26. The molecule has 0 radical (unpaired) electrons. The van der Waals surface area contributed by atoms with Crippen LogP contribution in [0.25, 0.3) is 0 Å². The van der Waals surface area contributed by atoms with Crippen LogP contribution < -0.4 is 57.9 Å². The van der Waals surface area contributed by atoms with Crippen molar-refractivity contribution in [1.29, 1.82) is 0 Å². The van der Waals surface area contributed by atoms with Crippen LogP contribution >= 0.6 is 0 Å². The highest BCUT2D eigenvalue weighted by Gasteiger charge is 2.21. The minimum atomic E-state index is 0.568. The van der Waals surface area contributed by atoms with E-state index in [0.717, 1.165) is 88.2 Å². The van der Waals surface area contributed by atoms with Crippen LogP contribution in [0.3, 0.4) is 0 Å². The molecule has 10 heterocycles. The van der Waals surface area contributed by atoms with Gasteiger partial charge in [-0.1, -0.05) is 146 Å². The third-order valence-electron chi connectivity index (χ3n) is 18.8. The highest BCUT2D eigenvalue weighted by atomic mass is 16.5. The second kappa shape index (κ2) is 42.4. The third-order valence-corrected chi connectivity index (χ3v) is 18.8. The maximum atomic E-state index is 5.16. The molecule has 5 fully saturated rings. The molecule has 5 aromatic carbocycles. The number of aryl methyl sites for hydroxylation is 2. The number of nitrogens with one attached hydrogen (secondary N) is 10. The zero-order valence-corrected chi connectivity index (χ0v) is 58.4. The zero-order chi connectivity index (χ0) is 64.1. The van der Waals surface area contributed by atoms with Crippen LogP contribution in [0.2, 0.25) is 0 Å². The molecule has 3 atom stereocenters. The minimum Gasteiger partial charge on any atom is -0.497 e. The first kappa shape index (κ1) is 74.2. The number of fused-ring (bicyclic) bond motifs is 5. The summed E-state index contributed by atoms with van der Waals surface area (Å²) in [6.07, 6.45) is 19.7. The van der Waals surface area contributed by atoms with Crippen LogP contribution in [0.1, 0.15) is 170 Å². The van der Waals surface area contributed by atoms with Crippen LogP contribution in [0.4, 0.5) is 11.4 Å². The fourth-order valence-electron chi connectivity index (χ4n) is 13.1. The summed E-state index contributed by atoms with van der Waals surface area (Å²) in [4.78, 5) is 0. The van der Waals surface area contributed by atoms with E-state index < -0.39 is 0 Å². The molecule has 11 heteroatoms. The van der Waals surface area contributed by atoms with Gasteiger partial charge in [0.15, 0.2) is 0 Å². The standard InChI is InChI=1S/C10H13NO.C10H13N.2C9H11N.C8H9N.3C7H15N.2C6H13N/c1-12-10-3-2-9-7-11-5-4-8(9)6-10;1-8-2-3-10-7-11-5-4-9(10)6-8;1-2-6-9-8(4-1)5-3-7-10-9;1-2-4-9-7-10-6-5-8(9)3-1;1-2-4-8-7(3-1)5-6-9-8;1-6-3-7(2)5-8-4-6;2*1-7(2)4-3-5-8-6-7;1-6-2-4-7-5-3-6;1-6-3-2-4-7-5-6/h2-3,6,11H,4-5,7H2,1H3;2-3,6,11H,4-5,7H2,1H3;1-2,4,6,10H,3,5,7H2;1-4,10H,5-7H2;1-4,9H,5-6H2;6-8H,3-5H2,1-2H3;2*8H,3-6H2,1-2H3;2*6-7H,2-5H2,1H3. The van der Waals surface area contributed by atoms with E-state index in [-0.39, 0.29) is 0 Å². The van der Waals surface area contributed by atoms with Crippen LogP contribution in [0.5, 0.6) is 5.75 Å². The number of hydrogen-bond donors (Lipinski definition) is 10. The lowest BCUT2D eigenvalue weighted by Gasteiger charge is -2.29. The average molecular weight is 1230 g/mol. The van der Waals surface area contributed by atoms with Crippen molar-refractivity contribution in [1.82, 2.24) is 42.5 Å². The van der Waals surface area contributed by atoms with Crippen molar-refractivity contribution in [2.24, 2.45) is 34.5 Å². The van der Waals surface area contributed by atoms with E-state index >= 15 is 0 Å². The van der Waals surface area contributed by atoms with Crippen LogP contribution in [0, 0.1) is 41.4 Å². The molecule has 15 rings (SSSR count). The van der Waals surface area contributed by atoms with Gasteiger partial charge in [0.1, 0.15) is 5.75 Å². The maximum absolute atomic E-state index is 5.16. The number of piperidine rings is 5. The summed E-state index contributed by atoms with van der Waals surface area (Å²) in [5, 5.41) is 33.5. The van der Waals surface area contributed by atoms with Crippen molar-refractivity contribution >= 4 is 11.4 Å². The smallest absolute Gasteiger partial charge is 0.119 e. The number of anilines is 2. The van der Waals surface area contributed by atoms with Crippen LogP contribution in [0.15, 0.2) is 109 Å². The van der Waals surface area contributed by atoms with Gasteiger partial charge in [-0.25, -0.2) is 0 Å². The lowest BCUT2D eigenvalue weighted by molar-refractivity contribution is 0.265. The second-order valence-electron chi connectivity index (χ2n) is 28.9. The number of rotatable bonds is 1. The molecule has 3 unspecified atom stereocenters. The lowest BCUT2D eigenvalue weighted by atomic mass is 9.85. The molecule has 0 aromatic heterocycles. The molecule has 500 valence electrons. The quantitative estimate of drug-likeness (QED) is 0.0788. The number of methoxy groups -OCH3 is 1. The highest BCUT2D eigenvalue weighted by molar-refractivity contribution is 5.55. The fourth-order valence-corrected chi connectivity index (χ4v) is 13.1. The first-order chi connectivity index (χ1) is 43.6. The molecule has 0 aliphatic carbocycles. The Bertz CT molecular complexity index is 2510. The van der Waals surface area contributed by atoms with Gasteiger partial charge in [0.2, 0.25) is 0 Å². The van der Waals surface area contributed by atoms with E-state index in [2.05, 4.69) is 219 Å². The second-order valence-corrected chi connectivity index (χ2v) is 28.9. The van der Waals surface area contributed by atoms with Gasteiger partial charge in [0.05, 0.1) is 7.11 Å². The van der Waals surface area contributed by atoms with Crippen molar-refractivity contribution in [2.45, 2.75) is 178 Å². The Labute approximate surface area is 549 Å². The van der Waals surface area contributed by atoms with Crippen molar-refractivity contribution in [2.75, 3.05) is 116 Å². The molecule has 5 aromatic rings. The number of para-hydroxylation sites is 2. The summed E-state index contributed by atoms with van der Waals surface area (Å²) >= 11 is 0. The van der Waals surface area contributed by atoms with E-state index in [0.29, 0.717) is 10.8 Å². The monoisotopic (exact) mass is 1230 g/mol. The van der Waals surface area contributed by atoms with Crippen LogP contribution in [-0.2, 0) is 51.7 Å². The molecule has 10 aliphatic heterocycles. The largest absolute Gasteiger partial charge is 0.497 e. The van der Waals surface area contributed by atoms with Gasteiger partial charge in [-0.2, -0.15) is 0 Å². The molecular formula is C79H128N10O. The molecule has 10 aliphatic rings. The zero-order valence-electron chi connectivity index (χ0n) is 58.4. The van der Waals surface area contributed by atoms with Crippen LogP contribution in [-0.4, -0.2) is 105 Å². The Hall–Kier alpha value is -4.82. The minimum absolute atomic E-state index is 0.568. The Morgan fingerprint density at radius 3 is 1.29 bits per heavy atom. The molecule has 0 saturated carbocycles. The Balaban J connectivity index is 0.000000160. The summed E-state index contributed by atoms with van der Waals surface area (Å²) in [6.45, 7) is 41.6. The molecule has 0 spiro atoms. The molecule has 0 bridgehead atoms. The van der Waals surface area contributed by atoms with Gasteiger partial charge in [0, 0.05) is 57.2 Å². The van der Waals surface area contributed by atoms with E-state index in [1.807, 2.05) is 6.07 Å². The molecule has 5 saturated heterocycles. The summed E-state index contributed by atoms with van der Waals surface area (Å²) in [5.41, 5.74) is 16.9. The number of hydrogen-bond acceptors (Lipinski definition) is 11. The fraction of sp³-hybridized carbons (Fsp3) is 0.620. The van der Waals surface area contributed by atoms with E-state index in [9.17, 15) is 0 Å². The van der Waals surface area contributed by atoms with Gasteiger partial charge in [-0.3, -0.25) is 0 Å². The predicted octanol–water partition coefficient (Wildman–Crippen LogP) is 14.1. The SMILES string of the molecule is CC1(C)CCCNC1.CC1(C)CCCNC1.CC1CCCNC1.CC1CCNCC1.CC1CNCC(C)C1.COc1ccc2c(c1)CCNC2.Cc1ccc2c(c1)CCNC2.c1ccc2c(c1)CCCN2.c1ccc2c(c1)CCN2.c1ccc2c(c1)CCNC2. The van der Waals surface area contributed by atoms with Crippen molar-refractivity contribution in [3.05, 3.63) is 159 Å². The van der Waals surface area contributed by atoms with Gasteiger partial charge >= 0.3 is 0 Å². The Kier molecular flexibility index (Phi) is 35.0. The number of benzene rings is 5. The molecular weight excluding hydrogens is 1100 g/mol. The third kappa shape index (κ3) is 30.3. The van der Waals surface area contributed by atoms with Crippen molar-refractivity contribution in [3.63, 3.8) is 0 Å². The van der Waals surface area contributed by atoms with E-state index in [1.54, 1.807) is 7.11 Å². The van der Waals surface area contributed by atoms with Gasteiger partial charge in [-0.15, -0.1) is 0 Å². The molecule has 10 N–H and O–H groups in total. The number of ether oxygens (including phenoxy) is 1.